The molecule has 0 unspecified atom stereocenters. The summed E-state index contributed by atoms with van der Waals surface area (Å²) in [6, 6.07) is 54.6. The van der Waals surface area contributed by atoms with E-state index in [9.17, 15) is 0 Å². The van der Waals surface area contributed by atoms with Crippen LogP contribution < -0.4 is 0 Å². The highest BCUT2D eigenvalue weighted by Gasteiger charge is 2.19. The second kappa shape index (κ2) is 10.6. The molecule has 6 aromatic carbocycles. The highest BCUT2D eigenvalue weighted by Crippen LogP contribution is 2.39. The van der Waals surface area contributed by atoms with Gasteiger partial charge < -0.3 is 4.42 Å². The first-order chi connectivity index (χ1) is 21.3. The molecule has 202 valence electrons. The van der Waals surface area contributed by atoms with Gasteiger partial charge in [-0.05, 0) is 57.6 Å². The van der Waals surface area contributed by atoms with E-state index in [-0.39, 0.29) is 0 Å². The van der Waals surface area contributed by atoms with Crippen molar-refractivity contribution in [3.05, 3.63) is 158 Å². The molecule has 8 rings (SSSR count). The molecular weight excluding hydrogens is 524 g/mol. The molecule has 0 saturated carbocycles. The number of para-hydroxylation sites is 1. The van der Waals surface area contributed by atoms with Crippen molar-refractivity contribution in [1.29, 1.82) is 0 Å². The lowest BCUT2D eigenvalue weighted by Gasteiger charge is -2.12. The molecule has 0 N–H and O–H groups in total. The van der Waals surface area contributed by atoms with Gasteiger partial charge in [0.05, 0.1) is 11.1 Å². The molecule has 0 saturated heterocycles. The van der Waals surface area contributed by atoms with Crippen LogP contribution in [0.1, 0.15) is 0 Å². The van der Waals surface area contributed by atoms with Gasteiger partial charge in [0.1, 0.15) is 5.58 Å². The highest BCUT2D eigenvalue weighted by molar-refractivity contribution is 6.11. The van der Waals surface area contributed by atoms with Gasteiger partial charge in [-0.15, -0.1) is 0 Å². The van der Waals surface area contributed by atoms with E-state index in [4.69, 9.17) is 14.4 Å². The first kappa shape index (κ1) is 25.0. The average Bonchev–Trinajstić information content (AvgIpc) is 3.47. The van der Waals surface area contributed by atoms with Crippen molar-refractivity contribution in [3.8, 4) is 56.0 Å². The molecule has 3 nitrogen and oxygen atoms in total. The van der Waals surface area contributed by atoms with Crippen molar-refractivity contribution in [2.24, 2.45) is 0 Å². The fraction of sp³-hybridized carbons (Fsp3) is 0. The molecule has 2 heterocycles. The van der Waals surface area contributed by atoms with Gasteiger partial charge in [-0.2, -0.15) is 4.98 Å². The molecule has 0 fully saturated rings. The summed E-state index contributed by atoms with van der Waals surface area (Å²) in [5.74, 6) is 0.632. The lowest BCUT2D eigenvalue weighted by molar-refractivity contribution is 0.653. The summed E-state index contributed by atoms with van der Waals surface area (Å²) in [7, 11) is 0. The van der Waals surface area contributed by atoms with E-state index in [1.165, 1.54) is 5.56 Å². The average molecular weight is 551 g/mol. The zero-order chi connectivity index (χ0) is 28.6. The third-order valence-electron chi connectivity index (χ3n) is 7.91. The van der Waals surface area contributed by atoms with Crippen LogP contribution in [-0.2, 0) is 0 Å². The van der Waals surface area contributed by atoms with E-state index in [0.29, 0.717) is 11.5 Å². The summed E-state index contributed by atoms with van der Waals surface area (Å²) in [5.41, 5.74) is 11.1. The molecule has 3 heteroatoms. The Kier molecular flexibility index (Phi) is 6.12. The monoisotopic (exact) mass is 550 g/mol. The van der Waals surface area contributed by atoms with Gasteiger partial charge in [-0.1, -0.05) is 133 Å². The third kappa shape index (κ3) is 4.67. The van der Waals surface area contributed by atoms with Crippen LogP contribution >= 0.6 is 0 Å². The maximum Gasteiger partial charge on any atom is 0.231 e. The predicted molar refractivity (Wildman–Crippen MR) is 176 cm³/mol. The summed E-state index contributed by atoms with van der Waals surface area (Å²) >= 11 is 0. The Hall–Kier alpha value is -5.80. The van der Waals surface area contributed by atoms with Gasteiger partial charge in [-0.25, -0.2) is 4.98 Å². The first-order valence-corrected chi connectivity index (χ1v) is 14.4. The fourth-order valence-electron chi connectivity index (χ4n) is 5.76. The minimum absolute atomic E-state index is 0.583. The van der Waals surface area contributed by atoms with Crippen LogP contribution in [0, 0.1) is 0 Å². The summed E-state index contributed by atoms with van der Waals surface area (Å²) < 4.78 is 6.35. The second-order valence-electron chi connectivity index (χ2n) is 10.6. The van der Waals surface area contributed by atoms with Crippen molar-refractivity contribution >= 4 is 22.1 Å². The minimum Gasteiger partial charge on any atom is -0.438 e. The molecule has 0 spiro atoms. The largest absolute Gasteiger partial charge is 0.438 e. The van der Waals surface area contributed by atoms with Gasteiger partial charge >= 0.3 is 0 Å². The predicted octanol–water partition coefficient (Wildman–Crippen LogP) is 10.7. The van der Waals surface area contributed by atoms with E-state index in [1.807, 2.05) is 36.4 Å². The van der Waals surface area contributed by atoms with Gasteiger partial charge in [0.15, 0.2) is 5.82 Å². The molecule has 0 aliphatic carbocycles. The molecule has 0 radical (unpaired) electrons. The van der Waals surface area contributed by atoms with Crippen LogP contribution in [-0.4, -0.2) is 9.97 Å². The molecular formula is C40H26N2O. The molecule has 0 atom stereocenters. The van der Waals surface area contributed by atoms with Gasteiger partial charge in [0.25, 0.3) is 0 Å². The zero-order valence-electron chi connectivity index (χ0n) is 23.3. The zero-order valence-corrected chi connectivity index (χ0v) is 23.3. The van der Waals surface area contributed by atoms with Crippen molar-refractivity contribution in [3.63, 3.8) is 0 Å². The lowest BCUT2D eigenvalue weighted by Crippen LogP contribution is -1.95. The number of benzene rings is 6. The van der Waals surface area contributed by atoms with Crippen LogP contribution in [0.3, 0.4) is 0 Å². The van der Waals surface area contributed by atoms with Gasteiger partial charge in [0, 0.05) is 16.5 Å². The number of rotatable bonds is 5. The smallest absolute Gasteiger partial charge is 0.231 e. The molecule has 0 bridgehead atoms. The van der Waals surface area contributed by atoms with E-state index in [1.54, 1.807) is 0 Å². The van der Waals surface area contributed by atoms with Crippen molar-refractivity contribution in [2.75, 3.05) is 0 Å². The molecule has 43 heavy (non-hydrogen) atoms. The first-order valence-electron chi connectivity index (χ1n) is 14.4. The van der Waals surface area contributed by atoms with E-state index < -0.39 is 0 Å². The Balaban J connectivity index is 1.37. The minimum atomic E-state index is 0.583. The number of furan rings is 1. The lowest BCUT2D eigenvalue weighted by atomic mass is 9.94. The SMILES string of the molecule is c1ccc(-c2ccc(-c3nc(-c4cc(-c5ccccc5)cc(-c5ccccc5)c4)c4c(n3)oc3ccccc34)cc2)cc1. The Morgan fingerprint density at radius 1 is 0.372 bits per heavy atom. The Labute approximate surface area is 249 Å². The van der Waals surface area contributed by atoms with Crippen LogP contribution in [0.15, 0.2) is 162 Å². The highest BCUT2D eigenvalue weighted by atomic mass is 16.3. The van der Waals surface area contributed by atoms with Crippen LogP contribution in [0.4, 0.5) is 0 Å². The standard InChI is InChI=1S/C40H26N2O/c1-4-12-27(13-5-1)30-20-22-31(23-21-30)39-41-38(37-35-18-10-11-19-36(35)43-40(37)42-39)34-25-32(28-14-6-2-7-15-28)24-33(26-34)29-16-8-3-9-17-29/h1-26H. The summed E-state index contributed by atoms with van der Waals surface area (Å²) in [6.45, 7) is 0. The van der Waals surface area contributed by atoms with Crippen LogP contribution in [0.2, 0.25) is 0 Å². The normalized spacial score (nSPS) is 11.3. The Morgan fingerprint density at radius 2 is 0.837 bits per heavy atom. The maximum absolute atomic E-state index is 6.35. The Bertz CT molecular complexity index is 2140. The van der Waals surface area contributed by atoms with Crippen LogP contribution in [0.5, 0.6) is 0 Å². The summed E-state index contributed by atoms with van der Waals surface area (Å²) in [4.78, 5) is 10.2. The number of fused-ring (bicyclic) bond motifs is 3. The molecule has 0 aliphatic heterocycles. The number of aromatic nitrogens is 2. The molecule has 8 aromatic rings. The maximum atomic E-state index is 6.35. The van der Waals surface area contributed by atoms with Crippen molar-refractivity contribution in [1.82, 2.24) is 9.97 Å². The quantitative estimate of drug-likeness (QED) is 0.214. The summed E-state index contributed by atoms with van der Waals surface area (Å²) in [5, 5.41) is 1.93. The molecule has 0 aliphatic rings. The van der Waals surface area contributed by atoms with E-state index in [0.717, 1.165) is 61.0 Å². The van der Waals surface area contributed by atoms with E-state index in [2.05, 4.69) is 121 Å². The topological polar surface area (TPSA) is 38.9 Å². The molecule has 2 aromatic heterocycles. The number of hydrogen-bond acceptors (Lipinski definition) is 3. The van der Waals surface area contributed by atoms with Crippen molar-refractivity contribution < 1.29 is 4.42 Å². The van der Waals surface area contributed by atoms with E-state index >= 15 is 0 Å². The Morgan fingerprint density at radius 3 is 1.44 bits per heavy atom. The van der Waals surface area contributed by atoms with Gasteiger partial charge in [-0.3, -0.25) is 0 Å². The second-order valence-corrected chi connectivity index (χ2v) is 10.6. The van der Waals surface area contributed by atoms with Crippen LogP contribution in [0.25, 0.3) is 78.1 Å². The summed E-state index contributed by atoms with van der Waals surface area (Å²) in [6.07, 6.45) is 0. The fourth-order valence-corrected chi connectivity index (χ4v) is 5.76. The van der Waals surface area contributed by atoms with Gasteiger partial charge in [0.2, 0.25) is 5.71 Å². The third-order valence-corrected chi connectivity index (χ3v) is 7.91. The van der Waals surface area contributed by atoms with Crippen molar-refractivity contribution in [2.45, 2.75) is 0 Å². The molecule has 0 amide bonds. The number of nitrogens with zero attached hydrogens (tertiary/aromatic N) is 2. The number of hydrogen-bond donors (Lipinski definition) is 0.